The summed E-state index contributed by atoms with van der Waals surface area (Å²) < 4.78 is 4.76. The van der Waals surface area contributed by atoms with Crippen LogP contribution in [0.1, 0.15) is 57.0 Å². The second-order valence-corrected chi connectivity index (χ2v) is 7.01. The predicted molar refractivity (Wildman–Crippen MR) is 87.9 cm³/mol. The molecule has 0 aromatic heterocycles. The molecule has 1 amide bonds. The second kappa shape index (κ2) is 7.43. The third kappa shape index (κ3) is 5.17. The Morgan fingerprint density at radius 2 is 1.68 bits per heavy atom. The average Bonchev–Trinajstić information content (AvgIpc) is 2.44. The van der Waals surface area contributed by atoms with Gasteiger partial charge >= 0.3 is 5.97 Å². The van der Waals surface area contributed by atoms with Crippen molar-refractivity contribution in [2.75, 3.05) is 7.11 Å². The fraction of sp³-hybridized carbons (Fsp3) is 0.556. The number of carbonyl (C=O) groups is 2. The Labute approximate surface area is 133 Å². The van der Waals surface area contributed by atoms with Crippen LogP contribution in [0.25, 0.3) is 0 Å². The first-order valence-electron chi connectivity index (χ1n) is 7.64. The Hall–Kier alpha value is -1.84. The second-order valence-electron chi connectivity index (χ2n) is 7.01. The van der Waals surface area contributed by atoms with Crippen LogP contribution in [-0.2, 0) is 14.9 Å². The minimum atomic E-state index is -0.611. The van der Waals surface area contributed by atoms with E-state index in [1.165, 1.54) is 7.11 Å². The van der Waals surface area contributed by atoms with E-state index in [0.29, 0.717) is 12.0 Å². The summed E-state index contributed by atoms with van der Waals surface area (Å²) in [5.74, 6) is -0.377. The lowest BCUT2D eigenvalue weighted by Gasteiger charge is -2.20. The lowest BCUT2D eigenvalue weighted by molar-refractivity contribution is -0.143. The van der Waals surface area contributed by atoms with Crippen LogP contribution < -0.4 is 5.32 Å². The first-order chi connectivity index (χ1) is 10.1. The van der Waals surface area contributed by atoms with E-state index >= 15 is 0 Å². The summed E-state index contributed by atoms with van der Waals surface area (Å²) in [7, 11) is 1.33. The molecular formula is C18H27NO3. The van der Waals surface area contributed by atoms with E-state index in [4.69, 9.17) is 4.74 Å². The molecule has 0 heterocycles. The summed E-state index contributed by atoms with van der Waals surface area (Å²) in [5, 5.41) is 2.76. The highest BCUT2D eigenvalue weighted by Gasteiger charge is 2.23. The van der Waals surface area contributed by atoms with Gasteiger partial charge in [0.2, 0.25) is 0 Å². The van der Waals surface area contributed by atoms with Gasteiger partial charge in [0.1, 0.15) is 6.04 Å². The van der Waals surface area contributed by atoms with E-state index in [1.807, 2.05) is 26.0 Å². The molecule has 1 aromatic carbocycles. The first-order valence-corrected chi connectivity index (χ1v) is 7.64. The zero-order valence-corrected chi connectivity index (χ0v) is 14.4. The zero-order chi connectivity index (χ0) is 16.9. The quantitative estimate of drug-likeness (QED) is 0.849. The normalized spacial score (nSPS) is 12.9. The Morgan fingerprint density at radius 3 is 2.09 bits per heavy atom. The van der Waals surface area contributed by atoms with Gasteiger partial charge in [0.05, 0.1) is 7.11 Å². The molecule has 1 N–H and O–H groups in total. The number of hydrogen-bond acceptors (Lipinski definition) is 3. The fourth-order valence-electron chi connectivity index (χ4n) is 2.19. The van der Waals surface area contributed by atoms with Gasteiger partial charge < -0.3 is 10.1 Å². The van der Waals surface area contributed by atoms with Gasteiger partial charge in [-0.25, -0.2) is 4.79 Å². The van der Waals surface area contributed by atoms with Crippen molar-refractivity contribution in [2.45, 2.75) is 52.5 Å². The van der Waals surface area contributed by atoms with Crippen LogP contribution in [0.2, 0.25) is 0 Å². The topological polar surface area (TPSA) is 55.4 Å². The molecule has 0 radical (unpaired) electrons. The molecule has 0 spiro atoms. The van der Waals surface area contributed by atoms with E-state index in [9.17, 15) is 9.59 Å². The van der Waals surface area contributed by atoms with Gasteiger partial charge in [-0.2, -0.15) is 0 Å². The van der Waals surface area contributed by atoms with Crippen LogP contribution in [0, 0.1) is 5.92 Å². The molecular weight excluding hydrogens is 278 g/mol. The molecule has 122 valence electrons. The van der Waals surface area contributed by atoms with Crippen molar-refractivity contribution in [1.82, 2.24) is 5.32 Å². The number of rotatable bonds is 5. The van der Waals surface area contributed by atoms with Crippen molar-refractivity contribution in [1.29, 1.82) is 0 Å². The molecule has 1 rings (SSSR count). The van der Waals surface area contributed by atoms with E-state index in [-0.39, 0.29) is 17.2 Å². The summed E-state index contributed by atoms with van der Waals surface area (Å²) in [5.41, 5.74) is 1.75. The summed E-state index contributed by atoms with van der Waals surface area (Å²) in [6.45, 7) is 10.4. The van der Waals surface area contributed by atoms with Gasteiger partial charge in [-0.1, -0.05) is 46.8 Å². The van der Waals surface area contributed by atoms with Crippen LogP contribution in [0.3, 0.4) is 0 Å². The Balaban J connectivity index is 2.83. The lowest BCUT2D eigenvalue weighted by Crippen LogP contribution is -2.42. The van der Waals surface area contributed by atoms with E-state index in [2.05, 4.69) is 26.1 Å². The van der Waals surface area contributed by atoms with Crippen molar-refractivity contribution in [2.24, 2.45) is 5.92 Å². The van der Waals surface area contributed by atoms with E-state index in [1.54, 1.807) is 12.1 Å². The van der Waals surface area contributed by atoms with Gasteiger partial charge in [0.25, 0.3) is 5.91 Å². The molecule has 1 atom stereocenters. The predicted octanol–water partition coefficient (Wildman–Crippen LogP) is 3.30. The molecule has 22 heavy (non-hydrogen) atoms. The lowest BCUT2D eigenvalue weighted by atomic mass is 9.86. The Bertz CT molecular complexity index is 512. The maximum Gasteiger partial charge on any atom is 0.328 e. The van der Waals surface area contributed by atoms with Gasteiger partial charge in [-0.05, 0) is 35.4 Å². The molecule has 0 aliphatic rings. The standard InChI is InChI=1S/C18H27NO3/c1-12(2)11-15(17(21)22-6)19-16(20)13-7-9-14(10-8-13)18(3,4)5/h7-10,12,15H,11H2,1-6H3,(H,19,20)/t15-/m0/s1. The highest BCUT2D eigenvalue weighted by atomic mass is 16.5. The maximum absolute atomic E-state index is 12.3. The molecule has 0 fully saturated rings. The third-order valence-electron chi connectivity index (χ3n) is 3.51. The molecule has 4 heteroatoms. The molecule has 4 nitrogen and oxygen atoms in total. The van der Waals surface area contributed by atoms with Crippen molar-refractivity contribution in [3.05, 3.63) is 35.4 Å². The highest BCUT2D eigenvalue weighted by Crippen LogP contribution is 2.22. The smallest absolute Gasteiger partial charge is 0.328 e. The summed E-state index contributed by atoms with van der Waals surface area (Å²) in [6.07, 6.45) is 0.554. The monoisotopic (exact) mass is 305 g/mol. The molecule has 0 unspecified atom stereocenters. The highest BCUT2D eigenvalue weighted by molar-refractivity contribution is 5.96. The Morgan fingerprint density at radius 1 is 1.14 bits per heavy atom. The number of carbonyl (C=O) groups excluding carboxylic acids is 2. The van der Waals surface area contributed by atoms with Crippen LogP contribution in [-0.4, -0.2) is 25.0 Å². The van der Waals surface area contributed by atoms with Gasteiger partial charge in [0.15, 0.2) is 0 Å². The number of benzene rings is 1. The molecule has 0 saturated carbocycles. The number of nitrogens with one attached hydrogen (secondary N) is 1. The SMILES string of the molecule is COC(=O)[C@H](CC(C)C)NC(=O)c1ccc(C(C)(C)C)cc1. The summed E-state index contributed by atoms with van der Waals surface area (Å²) >= 11 is 0. The van der Waals surface area contributed by atoms with Crippen molar-refractivity contribution < 1.29 is 14.3 Å². The fourth-order valence-corrected chi connectivity index (χ4v) is 2.19. The number of ether oxygens (including phenoxy) is 1. The van der Waals surface area contributed by atoms with Gasteiger partial charge in [0, 0.05) is 5.56 Å². The number of esters is 1. The average molecular weight is 305 g/mol. The minimum Gasteiger partial charge on any atom is -0.467 e. The Kier molecular flexibility index (Phi) is 6.15. The zero-order valence-electron chi connectivity index (χ0n) is 14.4. The van der Waals surface area contributed by atoms with E-state index in [0.717, 1.165) is 5.56 Å². The molecule has 0 aliphatic carbocycles. The van der Waals surface area contributed by atoms with Crippen LogP contribution in [0.15, 0.2) is 24.3 Å². The van der Waals surface area contributed by atoms with Crippen molar-refractivity contribution >= 4 is 11.9 Å². The van der Waals surface area contributed by atoms with Crippen LogP contribution in [0.5, 0.6) is 0 Å². The maximum atomic E-state index is 12.3. The largest absolute Gasteiger partial charge is 0.467 e. The number of amides is 1. The molecule has 0 saturated heterocycles. The van der Waals surface area contributed by atoms with Crippen LogP contribution in [0.4, 0.5) is 0 Å². The minimum absolute atomic E-state index is 0.0429. The van der Waals surface area contributed by atoms with Gasteiger partial charge in [-0.3, -0.25) is 4.79 Å². The molecule has 0 bridgehead atoms. The molecule has 1 aromatic rings. The van der Waals surface area contributed by atoms with Gasteiger partial charge in [-0.15, -0.1) is 0 Å². The van der Waals surface area contributed by atoms with Crippen LogP contribution >= 0.6 is 0 Å². The van der Waals surface area contributed by atoms with Crippen molar-refractivity contribution in [3.8, 4) is 0 Å². The number of methoxy groups -OCH3 is 1. The number of hydrogen-bond donors (Lipinski definition) is 1. The summed E-state index contributed by atoms with van der Waals surface area (Å²) in [6, 6.07) is 6.87. The van der Waals surface area contributed by atoms with Crippen molar-refractivity contribution in [3.63, 3.8) is 0 Å². The molecule has 0 aliphatic heterocycles. The first kappa shape index (κ1) is 18.2. The third-order valence-corrected chi connectivity index (χ3v) is 3.51. The summed E-state index contributed by atoms with van der Waals surface area (Å²) in [4.78, 5) is 24.1. The van der Waals surface area contributed by atoms with E-state index < -0.39 is 12.0 Å².